The minimum Gasteiger partial charge on any atom is -0.460 e. The molecule has 0 unspecified atom stereocenters. The molecule has 17 heavy (non-hydrogen) atoms. The van der Waals surface area contributed by atoms with Crippen molar-refractivity contribution < 1.29 is 33.5 Å². The summed E-state index contributed by atoms with van der Waals surface area (Å²) >= 11 is 0. The molecule has 0 aliphatic heterocycles. The summed E-state index contributed by atoms with van der Waals surface area (Å²) in [5.74, 6) is -0.616. The van der Waals surface area contributed by atoms with Crippen molar-refractivity contribution in [3.05, 3.63) is 12.2 Å². The van der Waals surface area contributed by atoms with Crippen LogP contribution in [0.15, 0.2) is 12.2 Å². The molecule has 0 aliphatic carbocycles. The molecule has 9 heteroatoms. The van der Waals surface area contributed by atoms with E-state index in [1.165, 1.54) is 6.92 Å². The second kappa shape index (κ2) is 10.4. The highest BCUT2D eigenvalue weighted by molar-refractivity contribution is 7.46. The second-order valence-corrected chi connectivity index (χ2v) is 3.99. The molecule has 8 nitrogen and oxygen atoms in total. The smallest absolute Gasteiger partial charge is 0.460 e. The first-order chi connectivity index (χ1) is 7.74. The zero-order valence-corrected chi connectivity index (χ0v) is 10.4. The maximum atomic E-state index is 10.7. The number of aliphatic hydroxyl groups is 1. The minimum atomic E-state index is -4.46. The number of aliphatic hydroxyl groups excluding tert-OH is 1. The third-order valence-corrected chi connectivity index (χ3v) is 1.57. The van der Waals surface area contributed by atoms with Gasteiger partial charge in [0, 0.05) is 12.1 Å². The first-order valence-electron chi connectivity index (χ1n) is 4.58. The fraction of sp³-hybridized carbons (Fsp3) is 0.625. The lowest BCUT2D eigenvalue weighted by atomic mass is 10.4. The number of rotatable bonds is 6. The normalized spacial score (nSPS) is 10.2. The molecule has 5 N–H and O–H groups in total. The van der Waals surface area contributed by atoms with Crippen LogP contribution < -0.4 is 5.73 Å². The number of phosphoric ester groups is 1. The number of carbonyl (C=O) groups is 1. The van der Waals surface area contributed by atoms with Crippen LogP contribution in [0.5, 0.6) is 0 Å². The maximum absolute atomic E-state index is 10.7. The summed E-state index contributed by atoms with van der Waals surface area (Å²) in [4.78, 5) is 27.1. The molecule has 0 aromatic heterocycles. The van der Waals surface area contributed by atoms with E-state index in [0.29, 0.717) is 6.54 Å². The topological polar surface area (TPSA) is 139 Å². The van der Waals surface area contributed by atoms with E-state index in [4.69, 9.17) is 20.6 Å². The highest BCUT2D eigenvalue weighted by Crippen LogP contribution is 2.35. The van der Waals surface area contributed by atoms with Crippen LogP contribution in [0.1, 0.15) is 6.92 Å². The van der Waals surface area contributed by atoms with E-state index >= 15 is 0 Å². The molecule has 0 saturated heterocycles. The number of phosphoric acid groups is 1. The summed E-state index contributed by atoms with van der Waals surface area (Å²) in [6.07, 6.45) is 0. The monoisotopic (exact) mass is 271 g/mol. The molecule has 0 spiro atoms. The third kappa shape index (κ3) is 17.8. The molecule has 0 saturated carbocycles. The number of carbonyl (C=O) groups excluding carboxylic acids is 1. The van der Waals surface area contributed by atoms with Gasteiger partial charge in [-0.15, -0.1) is 0 Å². The van der Waals surface area contributed by atoms with Crippen LogP contribution in [0, 0.1) is 0 Å². The number of esters is 1. The summed E-state index contributed by atoms with van der Waals surface area (Å²) in [6.45, 7) is 4.69. The van der Waals surface area contributed by atoms with Crippen LogP contribution in [-0.2, 0) is 18.6 Å². The van der Waals surface area contributed by atoms with Crippen molar-refractivity contribution >= 4 is 13.8 Å². The van der Waals surface area contributed by atoms with Crippen molar-refractivity contribution in [2.45, 2.75) is 6.92 Å². The van der Waals surface area contributed by atoms with Crippen molar-refractivity contribution in [1.82, 2.24) is 0 Å². The van der Waals surface area contributed by atoms with Crippen LogP contribution in [0.4, 0.5) is 0 Å². The molecule has 0 aromatic rings. The van der Waals surface area contributed by atoms with E-state index in [1.807, 2.05) is 0 Å². The summed E-state index contributed by atoms with van der Waals surface area (Å²) in [5.41, 5.74) is 5.00. The highest BCUT2D eigenvalue weighted by Gasteiger charge is 2.13. The van der Waals surface area contributed by atoms with Gasteiger partial charge in [0.25, 0.3) is 0 Å². The highest BCUT2D eigenvalue weighted by atomic mass is 31.2. The van der Waals surface area contributed by atoms with Gasteiger partial charge in [-0.25, -0.2) is 9.36 Å². The zero-order valence-electron chi connectivity index (χ0n) is 9.53. The largest absolute Gasteiger partial charge is 0.469 e. The van der Waals surface area contributed by atoms with E-state index < -0.39 is 13.8 Å². The average molecular weight is 271 g/mol. The SMILES string of the molecule is C=C(C)C(=O)OCCOP(=O)(O)O.NCCO. The molecule has 0 aromatic carbocycles. The molecule has 0 rings (SSSR count). The van der Waals surface area contributed by atoms with Crippen molar-refractivity contribution in [2.75, 3.05) is 26.4 Å². The standard InChI is InChI=1S/C6H11O6P.C2H7NO/c1-5(2)6(7)11-3-4-12-13(8,9)10;3-1-2-4/h1,3-4H2,2H3,(H2,8,9,10);4H,1-3H2. The van der Waals surface area contributed by atoms with Gasteiger partial charge in [-0.2, -0.15) is 0 Å². The lowest BCUT2D eigenvalue weighted by molar-refractivity contribution is -0.139. The lowest BCUT2D eigenvalue weighted by Crippen LogP contribution is -2.10. The van der Waals surface area contributed by atoms with Gasteiger partial charge in [0.05, 0.1) is 13.2 Å². The molecule has 102 valence electrons. The van der Waals surface area contributed by atoms with E-state index in [0.717, 1.165) is 0 Å². The number of ether oxygens (including phenoxy) is 1. The average Bonchev–Trinajstić information content (AvgIpc) is 2.23. The Morgan fingerprint density at radius 1 is 1.41 bits per heavy atom. The van der Waals surface area contributed by atoms with Crippen molar-refractivity contribution in [2.24, 2.45) is 5.73 Å². The zero-order chi connectivity index (χ0) is 13.9. The lowest BCUT2D eigenvalue weighted by Gasteiger charge is -2.05. The molecular formula is C8H18NO7P. The number of hydrogen-bond donors (Lipinski definition) is 4. The molecule has 0 aliphatic rings. The Kier molecular flexibility index (Phi) is 11.4. The molecule has 0 radical (unpaired) electrons. The van der Waals surface area contributed by atoms with Crippen LogP contribution in [0.3, 0.4) is 0 Å². The van der Waals surface area contributed by atoms with E-state index in [-0.39, 0.29) is 25.4 Å². The van der Waals surface area contributed by atoms with Gasteiger partial charge in [0.2, 0.25) is 0 Å². The van der Waals surface area contributed by atoms with Crippen LogP contribution in [0.2, 0.25) is 0 Å². The molecule has 0 fully saturated rings. The predicted molar refractivity (Wildman–Crippen MR) is 59.9 cm³/mol. The van der Waals surface area contributed by atoms with Crippen LogP contribution in [0.25, 0.3) is 0 Å². The Bertz CT molecular complexity index is 273. The first-order valence-corrected chi connectivity index (χ1v) is 6.11. The Balaban J connectivity index is 0. The fourth-order valence-electron chi connectivity index (χ4n) is 0.414. The Morgan fingerprint density at radius 3 is 2.18 bits per heavy atom. The fourth-order valence-corrected chi connectivity index (χ4v) is 0.726. The van der Waals surface area contributed by atoms with E-state index in [1.54, 1.807) is 0 Å². The Morgan fingerprint density at radius 2 is 1.88 bits per heavy atom. The number of hydrogen-bond acceptors (Lipinski definition) is 6. The molecule has 0 heterocycles. The molecule has 0 bridgehead atoms. The van der Waals surface area contributed by atoms with Crippen molar-refractivity contribution in [1.29, 1.82) is 0 Å². The molecule has 0 atom stereocenters. The van der Waals surface area contributed by atoms with Gasteiger partial charge in [0.15, 0.2) is 0 Å². The van der Waals surface area contributed by atoms with E-state index in [9.17, 15) is 9.36 Å². The minimum absolute atomic E-state index is 0.0972. The van der Waals surface area contributed by atoms with Crippen LogP contribution in [-0.4, -0.2) is 47.2 Å². The van der Waals surface area contributed by atoms with Gasteiger partial charge in [-0.1, -0.05) is 6.58 Å². The maximum Gasteiger partial charge on any atom is 0.469 e. The van der Waals surface area contributed by atoms with Gasteiger partial charge < -0.3 is 25.4 Å². The second-order valence-electron chi connectivity index (χ2n) is 2.75. The first kappa shape index (κ1) is 18.6. The quantitative estimate of drug-likeness (QED) is 0.212. The molecular weight excluding hydrogens is 253 g/mol. The van der Waals surface area contributed by atoms with Crippen molar-refractivity contribution in [3.63, 3.8) is 0 Å². The summed E-state index contributed by atoms with van der Waals surface area (Å²) in [7, 11) is -4.46. The van der Waals surface area contributed by atoms with Crippen LogP contribution >= 0.6 is 7.82 Å². The predicted octanol–water partition coefficient (Wildman–Crippen LogP) is -0.848. The summed E-state index contributed by atoms with van der Waals surface area (Å²) in [5, 5.41) is 7.75. The Labute approximate surface area is 99.3 Å². The van der Waals surface area contributed by atoms with Crippen molar-refractivity contribution in [3.8, 4) is 0 Å². The number of nitrogens with two attached hydrogens (primary N) is 1. The Hall–Kier alpha value is -0.760. The van der Waals surface area contributed by atoms with Gasteiger partial charge in [-0.05, 0) is 6.92 Å². The van der Waals surface area contributed by atoms with Gasteiger partial charge >= 0.3 is 13.8 Å². The summed E-state index contributed by atoms with van der Waals surface area (Å²) in [6, 6.07) is 0. The van der Waals surface area contributed by atoms with E-state index in [2.05, 4.69) is 15.8 Å². The van der Waals surface area contributed by atoms with Gasteiger partial charge in [0.1, 0.15) is 6.61 Å². The third-order valence-electron chi connectivity index (χ3n) is 1.05. The summed E-state index contributed by atoms with van der Waals surface area (Å²) < 4.78 is 18.6. The molecule has 0 amide bonds. The van der Waals surface area contributed by atoms with Gasteiger partial charge in [-0.3, -0.25) is 4.52 Å².